The van der Waals surface area contributed by atoms with Crippen LogP contribution in [0.25, 0.3) is 11.1 Å². The van der Waals surface area contributed by atoms with Crippen LogP contribution in [0.2, 0.25) is 0 Å². The van der Waals surface area contributed by atoms with Crippen LogP contribution in [0.1, 0.15) is 18.9 Å². The normalized spacial score (nSPS) is 19.5. The van der Waals surface area contributed by atoms with Gasteiger partial charge in [-0.25, -0.2) is 21.9 Å². The lowest BCUT2D eigenvalue weighted by molar-refractivity contribution is 0.212. The topological polar surface area (TPSA) is 66.5 Å². The van der Waals surface area contributed by atoms with Gasteiger partial charge >= 0.3 is 5.37 Å². The molecule has 1 N–H and O–H groups in total. The molecule has 1 heterocycles. The highest BCUT2D eigenvalue weighted by atomic mass is 35.5. The van der Waals surface area contributed by atoms with Gasteiger partial charge in [-0.3, -0.25) is 4.79 Å². The minimum atomic E-state index is -3.51. The first-order valence-electron chi connectivity index (χ1n) is 9.21. The van der Waals surface area contributed by atoms with E-state index < -0.39 is 39.1 Å². The Morgan fingerprint density at radius 3 is 2.62 bits per heavy atom. The molecule has 2 aromatic rings. The van der Waals surface area contributed by atoms with Crippen LogP contribution >= 0.6 is 11.6 Å². The van der Waals surface area contributed by atoms with E-state index in [2.05, 4.69) is 4.72 Å². The van der Waals surface area contributed by atoms with E-state index in [1.165, 1.54) is 30.0 Å². The first-order chi connectivity index (χ1) is 13.7. The molecule has 156 valence electrons. The maximum absolute atomic E-state index is 15.2. The van der Waals surface area contributed by atoms with E-state index in [0.29, 0.717) is 17.5 Å². The monoisotopic (exact) mass is 442 g/mol. The lowest BCUT2D eigenvalue weighted by Gasteiger charge is -2.27. The summed E-state index contributed by atoms with van der Waals surface area (Å²) in [6.07, 6.45) is 0.456. The molecule has 2 aromatic carbocycles. The number of carbonyl (C=O) groups excluding carboxylic acids is 1. The summed E-state index contributed by atoms with van der Waals surface area (Å²) in [5, 5.41) is -0.713. The molecule has 2 atom stereocenters. The summed E-state index contributed by atoms with van der Waals surface area (Å²) in [5.74, 6) is -1.12. The van der Waals surface area contributed by atoms with Crippen LogP contribution in [0, 0.1) is 11.6 Å². The van der Waals surface area contributed by atoms with Gasteiger partial charge in [0.15, 0.2) is 0 Å². The van der Waals surface area contributed by atoms with Gasteiger partial charge in [0.2, 0.25) is 10.0 Å². The van der Waals surface area contributed by atoms with Gasteiger partial charge in [-0.1, -0.05) is 30.3 Å². The van der Waals surface area contributed by atoms with E-state index in [-0.39, 0.29) is 24.3 Å². The second kappa shape index (κ2) is 8.77. The third kappa shape index (κ3) is 4.94. The SMILES string of the molecule is CCS(=O)(=O)N[C@H]1CCN(C(=O)Cl)[C@H]1Cc1cccc(-c2cccc(F)c2)c1F. The van der Waals surface area contributed by atoms with Gasteiger partial charge in [-0.15, -0.1) is 0 Å². The Kier molecular flexibility index (Phi) is 6.55. The molecule has 1 aliphatic rings. The van der Waals surface area contributed by atoms with E-state index in [0.717, 1.165) is 0 Å². The molecule has 1 fully saturated rings. The number of nitrogens with zero attached hydrogens (tertiary/aromatic N) is 1. The molecule has 1 saturated heterocycles. The van der Waals surface area contributed by atoms with Gasteiger partial charge in [0, 0.05) is 18.2 Å². The molecule has 0 saturated carbocycles. The summed E-state index contributed by atoms with van der Waals surface area (Å²) in [4.78, 5) is 13.2. The fourth-order valence-corrected chi connectivity index (χ4v) is 4.73. The number of nitrogens with one attached hydrogen (secondary N) is 1. The lowest BCUT2D eigenvalue weighted by Crippen LogP contribution is -2.47. The molecule has 1 aliphatic heterocycles. The van der Waals surface area contributed by atoms with Gasteiger partial charge in [0.25, 0.3) is 0 Å². The average molecular weight is 443 g/mol. The molecule has 0 aliphatic carbocycles. The van der Waals surface area contributed by atoms with Crippen molar-refractivity contribution >= 4 is 27.0 Å². The smallest absolute Gasteiger partial charge is 0.316 e. The minimum absolute atomic E-state index is 0.0738. The minimum Gasteiger partial charge on any atom is -0.324 e. The van der Waals surface area contributed by atoms with Gasteiger partial charge in [0.1, 0.15) is 11.6 Å². The van der Waals surface area contributed by atoms with Crippen molar-refractivity contribution in [1.29, 1.82) is 0 Å². The van der Waals surface area contributed by atoms with Gasteiger partial charge in [0.05, 0.1) is 11.8 Å². The van der Waals surface area contributed by atoms with Crippen LogP contribution in [-0.4, -0.2) is 43.1 Å². The number of halogens is 3. The molecular formula is C20H21ClF2N2O3S. The van der Waals surface area contributed by atoms with Crippen molar-refractivity contribution in [3.8, 4) is 11.1 Å². The third-order valence-electron chi connectivity index (χ3n) is 5.13. The van der Waals surface area contributed by atoms with Gasteiger partial charge in [-0.2, -0.15) is 0 Å². The molecule has 29 heavy (non-hydrogen) atoms. The maximum Gasteiger partial charge on any atom is 0.316 e. The van der Waals surface area contributed by atoms with Crippen LogP contribution < -0.4 is 4.72 Å². The number of rotatable bonds is 6. The highest BCUT2D eigenvalue weighted by molar-refractivity contribution is 7.89. The Hall–Kier alpha value is -2.03. The lowest BCUT2D eigenvalue weighted by atomic mass is 9.96. The van der Waals surface area contributed by atoms with E-state index >= 15 is 4.39 Å². The van der Waals surface area contributed by atoms with Crippen molar-refractivity contribution in [3.05, 3.63) is 59.7 Å². The second-order valence-corrected chi connectivity index (χ2v) is 9.29. The molecule has 0 spiro atoms. The van der Waals surface area contributed by atoms with Crippen LogP contribution in [0.15, 0.2) is 42.5 Å². The molecule has 0 aromatic heterocycles. The fourth-order valence-electron chi connectivity index (χ4n) is 3.62. The zero-order valence-corrected chi connectivity index (χ0v) is 17.3. The second-order valence-electron chi connectivity index (χ2n) is 6.92. The summed E-state index contributed by atoms with van der Waals surface area (Å²) in [6, 6.07) is 9.18. The summed E-state index contributed by atoms with van der Waals surface area (Å²) >= 11 is 5.67. The molecule has 0 radical (unpaired) electrons. The van der Waals surface area contributed by atoms with Crippen LogP contribution in [-0.2, 0) is 16.4 Å². The molecule has 9 heteroatoms. The van der Waals surface area contributed by atoms with E-state index in [1.807, 2.05) is 0 Å². The Labute approximate surface area is 173 Å². The third-order valence-corrected chi connectivity index (χ3v) is 6.77. The fraction of sp³-hybridized carbons (Fsp3) is 0.350. The van der Waals surface area contributed by atoms with Crippen molar-refractivity contribution in [1.82, 2.24) is 9.62 Å². The standard InChI is InChI=1S/C20H21ClF2N2O3S/c1-2-29(27,28)24-17-9-10-25(20(21)26)18(17)12-14-6-4-8-16(19(14)23)13-5-3-7-15(22)11-13/h3-8,11,17-18,24H,2,9-10,12H2,1H3/t17-,18-/m0/s1. The first kappa shape index (κ1) is 21.7. The van der Waals surface area contributed by atoms with Crippen molar-refractivity contribution in [2.24, 2.45) is 0 Å². The number of hydrogen-bond donors (Lipinski definition) is 1. The van der Waals surface area contributed by atoms with Crippen molar-refractivity contribution < 1.29 is 22.0 Å². The van der Waals surface area contributed by atoms with E-state index in [9.17, 15) is 17.6 Å². The number of benzene rings is 2. The maximum atomic E-state index is 15.2. The Bertz CT molecular complexity index is 1020. The van der Waals surface area contributed by atoms with E-state index in [4.69, 9.17) is 11.6 Å². The van der Waals surface area contributed by atoms with Crippen LogP contribution in [0.5, 0.6) is 0 Å². The highest BCUT2D eigenvalue weighted by Crippen LogP contribution is 2.29. The molecular weight excluding hydrogens is 422 g/mol. The Morgan fingerprint density at radius 2 is 1.97 bits per heavy atom. The Morgan fingerprint density at radius 1 is 1.24 bits per heavy atom. The van der Waals surface area contributed by atoms with Crippen molar-refractivity contribution in [2.75, 3.05) is 12.3 Å². The number of hydrogen-bond acceptors (Lipinski definition) is 3. The van der Waals surface area contributed by atoms with Gasteiger partial charge < -0.3 is 4.90 Å². The first-order valence-corrected chi connectivity index (χ1v) is 11.2. The summed E-state index contributed by atoms with van der Waals surface area (Å²) < 4.78 is 55.4. The van der Waals surface area contributed by atoms with E-state index in [1.54, 1.807) is 24.3 Å². The number of likely N-dealkylation sites (tertiary alicyclic amines) is 1. The summed E-state index contributed by atoms with van der Waals surface area (Å²) in [5.41, 5.74) is 0.918. The summed E-state index contributed by atoms with van der Waals surface area (Å²) in [6.45, 7) is 1.79. The predicted octanol–water partition coefficient (Wildman–Crippen LogP) is 3.92. The zero-order valence-electron chi connectivity index (χ0n) is 15.7. The molecule has 0 bridgehead atoms. The van der Waals surface area contributed by atoms with Crippen molar-refractivity contribution in [3.63, 3.8) is 0 Å². The quantitative estimate of drug-likeness (QED) is 0.544. The van der Waals surface area contributed by atoms with Gasteiger partial charge in [-0.05, 0) is 54.6 Å². The number of amides is 1. The Balaban J connectivity index is 1.93. The number of sulfonamides is 1. The largest absolute Gasteiger partial charge is 0.324 e. The molecule has 1 amide bonds. The highest BCUT2D eigenvalue weighted by Gasteiger charge is 2.38. The van der Waals surface area contributed by atoms with Crippen LogP contribution in [0.3, 0.4) is 0 Å². The van der Waals surface area contributed by atoms with Crippen LogP contribution in [0.4, 0.5) is 13.6 Å². The molecule has 0 unspecified atom stereocenters. The zero-order chi connectivity index (χ0) is 21.2. The van der Waals surface area contributed by atoms with Crippen molar-refractivity contribution in [2.45, 2.75) is 31.8 Å². The summed E-state index contributed by atoms with van der Waals surface area (Å²) in [7, 11) is -3.51. The molecule has 3 rings (SSSR count). The molecule has 5 nitrogen and oxygen atoms in total. The predicted molar refractivity (Wildman–Crippen MR) is 108 cm³/mol. The number of carbonyl (C=O) groups is 1. The average Bonchev–Trinajstić information content (AvgIpc) is 3.05.